The van der Waals surface area contributed by atoms with E-state index in [9.17, 15) is 13.2 Å². The van der Waals surface area contributed by atoms with E-state index in [1.54, 1.807) is 24.3 Å². The standard InChI is InChI=1S/C15H24N2O4S/c1-4-5-8-11-16-15(18)12-17(22(3,19)20)13-9-6-7-10-14(13)21-2/h6-7,9-10H,4-5,8,11-12H2,1-3H3,(H,16,18). The van der Waals surface area contributed by atoms with E-state index in [0.717, 1.165) is 29.8 Å². The highest BCUT2D eigenvalue weighted by Gasteiger charge is 2.23. The average molecular weight is 328 g/mol. The third-order valence-corrected chi connectivity index (χ3v) is 4.27. The van der Waals surface area contributed by atoms with Gasteiger partial charge in [-0.25, -0.2) is 8.42 Å². The summed E-state index contributed by atoms with van der Waals surface area (Å²) < 4.78 is 30.2. The normalized spacial score (nSPS) is 11.0. The number of amides is 1. The fraction of sp³-hybridized carbons (Fsp3) is 0.533. The van der Waals surface area contributed by atoms with Crippen LogP contribution in [0.2, 0.25) is 0 Å². The summed E-state index contributed by atoms with van der Waals surface area (Å²) in [5.74, 6) is 0.0825. The summed E-state index contributed by atoms with van der Waals surface area (Å²) in [6.45, 7) is 2.37. The highest BCUT2D eigenvalue weighted by Crippen LogP contribution is 2.29. The maximum absolute atomic E-state index is 12.0. The fourth-order valence-corrected chi connectivity index (χ4v) is 2.87. The van der Waals surface area contributed by atoms with E-state index < -0.39 is 10.0 Å². The van der Waals surface area contributed by atoms with Gasteiger partial charge in [0.15, 0.2) is 0 Å². The van der Waals surface area contributed by atoms with Gasteiger partial charge in [0.25, 0.3) is 0 Å². The molecule has 0 heterocycles. The number of carbonyl (C=O) groups is 1. The lowest BCUT2D eigenvalue weighted by atomic mass is 10.2. The van der Waals surface area contributed by atoms with Crippen LogP contribution in [0.15, 0.2) is 24.3 Å². The Labute approximate surface area is 132 Å². The number of hydrogen-bond donors (Lipinski definition) is 1. The zero-order valence-electron chi connectivity index (χ0n) is 13.3. The smallest absolute Gasteiger partial charge is 0.240 e. The molecule has 0 aromatic heterocycles. The number of rotatable bonds is 9. The van der Waals surface area contributed by atoms with Crippen molar-refractivity contribution in [1.82, 2.24) is 5.32 Å². The Morgan fingerprint density at radius 2 is 1.95 bits per heavy atom. The number of nitrogens with one attached hydrogen (secondary N) is 1. The minimum absolute atomic E-state index is 0.259. The number of ether oxygens (including phenoxy) is 1. The van der Waals surface area contributed by atoms with Crippen molar-refractivity contribution < 1.29 is 17.9 Å². The van der Waals surface area contributed by atoms with E-state index in [1.807, 2.05) is 0 Å². The van der Waals surface area contributed by atoms with Crippen LogP contribution in [0.25, 0.3) is 0 Å². The molecule has 124 valence electrons. The molecular weight excluding hydrogens is 304 g/mol. The van der Waals surface area contributed by atoms with Gasteiger partial charge in [-0.1, -0.05) is 31.9 Å². The molecule has 7 heteroatoms. The summed E-state index contributed by atoms with van der Waals surface area (Å²) in [7, 11) is -2.13. The maximum atomic E-state index is 12.0. The van der Waals surface area contributed by atoms with Crippen molar-refractivity contribution in [1.29, 1.82) is 0 Å². The lowest BCUT2D eigenvalue weighted by Crippen LogP contribution is -2.40. The second kappa shape index (κ2) is 8.63. The van der Waals surface area contributed by atoms with Crippen molar-refractivity contribution in [2.75, 3.05) is 30.8 Å². The molecule has 6 nitrogen and oxygen atoms in total. The van der Waals surface area contributed by atoms with Crippen LogP contribution >= 0.6 is 0 Å². The van der Waals surface area contributed by atoms with Gasteiger partial charge in [0, 0.05) is 6.54 Å². The van der Waals surface area contributed by atoms with E-state index >= 15 is 0 Å². The number of nitrogens with zero attached hydrogens (tertiary/aromatic N) is 1. The molecule has 22 heavy (non-hydrogen) atoms. The number of sulfonamides is 1. The summed E-state index contributed by atoms with van der Waals surface area (Å²) in [4.78, 5) is 12.0. The van der Waals surface area contributed by atoms with Crippen LogP contribution < -0.4 is 14.4 Å². The topological polar surface area (TPSA) is 75.7 Å². The number of unbranched alkanes of at least 4 members (excludes halogenated alkanes) is 2. The molecule has 1 amide bonds. The number of methoxy groups -OCH3 is 1. The molecule has 0 aliphatic carbocycles. The highest BCUT2D eigenvalue weighted by molar-refractivity contribution is 7.92. The van der Waals surface area contributed by atoms with E-state index in [-0.39, 0.29) is 12.5 Å². The number of hydrogen-bond acceptors (Lipinski definition) is 4. The fourth-order valence-electron chi connectivity index (χ4n) is 2.01. The van der Waals surface area contributed by atoms with Crippen LogP contribution in [0.3, 0.4) is 0 Å². The third kappa shape index (κ3) is 5.55. The lowest BCUT2D eigenvalue weighted by Gasteiger charge is -2.23. The molecule has 0 saturated carbocycles. The van der Waals surface area contributed by atoms with Crippen LogP contribution in [-0.4, -0.2) is 40.8 Å². The minimum atomic E-state index is -3.59. The van der Waals surface area contributed by atoms with Crippen molar-refractivity contribution in [3.8, 4) is 5.75 Å². The van der Waals surface area contributed by atoms with Gasteiger partial charge >= 0.3 is 0 Å². The van der Waals surface area contributed by atoms with Gasteiger partial charge in [-0.3, -0.25) is 9.10 Å². The number of benzene rings is 1. The second-order valence-electron chi connectivity index (χ2n) is 5.00. The van der Waals surface area contributed by atoms with Gasteiger partial charge in [0.1, 0.15) is 12.3 Å². The molecule has 1 rings (SSSR count). The zero-order valence-corrected chi connectivity index (χ0v) is 14.1. The van der Waals surface area contributed by atoms with Gasteiger partial charge in [0.05, 0.1) is 19.1 Å². The first-order chi connectivity index (χ1) is 10.4. The van der Waals surface area contributed by atoms with E-state index in [2.05, 4.69) is 12.2 Å². The van der Waals surface area contributed by atoms with Crippen LogP contribution in [-0.2, 0) is 14.8 Å². The first-order valence-corrected chi connectivity index (χ1v) is 9.12. The molecule has 0 saturated heterocycles. The zero-order chi connectivity index (χ0) is 16.6. The lowest BCUT2D eigenvalue weighted by molar-refractivity contribution is -0.119. The van der Waals surface area contributed by atoms with Crippen molar-refractivity contribution in [3.05, 3.63) is 24.3 Å². The Balaban J connectivity index is 2.85. The van der Waals surface area contributed by atoms with Crippen LogP contribution in [0, 0.1) is 0 Å². The Bertz CT molecular complexity index is 587. The van der Waals surface area contributed by atoms with E-state index in [1.165, 1.54) is 7.11 Å². The SMILES string of the molecule is CCCCCNC(=O)CN(c1ccccc1OC)S(C)(=O)=O. The quantitative estimate of drug-likeness (QED) is 0.701. The molecule has 0 fully saturated rings. The van der Waals surface area contributed by atoms with E-state index in [0.29, 0.717) is 18.0 Å². The maximum Gasteiger partial charge on any atom is 0.240 e. The average Bonchev–Trinajstić information content (AvgIpc) is 2.48. The molecule has 0 radical (unpaired) electrons. The largest absolute Gasteiger partial charge is 0.495 e. The first-order valence-electron chi connectivity index (χ1n) is 7.27. The second-order valence-corrected chi connectivity index (χ2v) is 6.91. The molecule has 0 bridgehead atoms. The van der Waals surface area contributed by atoms with Gasteiger partial charge in [-0.05, 0) is 18.6 Å². The van der Waals surface area contributed by atoms with Crippen LogP contribution in [0.5, 0.6) is 5.75 Å². The van der Waals surface area contributed by atoms with Gasteiger partial charge in [0.2, 0.25) is 15.9 Å². The molecule has 1 aromatic carbocycles. The third-order valence-electron chi connectivity index (χ3n) is 3.14. The molecule has 0 aliphatic rings. The Morgan fingerprint density at radius 3 is 2.55 bits per heavy atom. The van der Waals surface area contributed by atoms with Crippen LogP contribution in [0.1, 0.15) is 26.2 Å². The van der Waals surface area contributed by atoms with Gasteiger partial charge < -0.3 is 10.1 Å². The molecule has 1 N–H and O–H groups in total. The summed E-state index contributed by atoms with van der Waals surface area (Å²) in [6, 6.07) is 6.72. The predicted molar refractivity (Wildman–Crippen MR) is 87.7 cm³/mol. The van der Waals surface area contributed by atoms with Crippen molar-refractivity contribution >= 4 is 21.6 Å². The molecule has 0 atom stereocenters. The summed E-state index contributed by atoms with van der Waals surface area (Å²) in [6.07, 6.45) is 4.05. The number of anilines is 1. The van der Waals surface area contributed by atoms with Crippen molar-refractivity contribution in [2.24, 2.45) is 0 Å². The molecule has 1 aromatic rings. The predicted octanol–water partition coefficient (Wildman–Crippen LogP) is 1.77. The number of carbonyl (C=O) groups excluding carboxylic acids is 1. The van der Waals surface area contributed by atoms with Gasteiger partial charge in [-0.15, -0.1) is 0 Å². The highest BCUT2D eigenvalue weighted by atomic mass is 32.2. The summed E-state index contributed by atoms with van der Waals surface area (Å²) >= 11 is 0. The molecule has 0 aliphatic heterocycles. The number of para-hydroxylation sites is 2. The molecular formula is C15H24N2O4S. The first kappa shape index (κ1) is 18.3. The minimum Gasteiger partial charge on any atom is -0.495 e. The monoisotopic (exact) mass is 328 g/mol. The molecule has 0 spiro atoms. The summed E-state index contributed by atoms with van der Waals surface area (Å²) in [5, 5.41) is 2.74. The van der Waals surface area contributed by atoms with E-state index in [4.69, 9.17) is 4.74 Å². The Hall–Kier alpha value is -1.76. The summed E-state index contributed by atoms with van der Waals surface area (Å²) in [5.41, 5.74) is 0.358. The van der Waals surface area contributed by atoms with Crippen molar-refractivity contribution in [2.45, 2.75) is 26.2 Å². The molecule has 0 unspecified atom stereocenters. The Kier molecular flexibility index (Phi) is 7.17. The van der Waals surface area contributed by atoms with Gasteiger partial charge in [-0.2, -0.15) is 0 Å². The Morgan fingerprint density at radius 1 is 1.27 bits per heavy atom. The van der Waals surface area contributed by atoms with Crippen LogP contribution in [0.4, 0.5) is 5.69 Å². The van der Waals surface area contributed by atoms with Crippen molar-refractivity contribution in [3.63, 3.8) is 0 Å².